The molecule has 0 saturated carbocycles. The smallest absolute Gasteiger partial charge is 0.192 e. The highest BCUT2D eigenvalue weighted by Crippen LogP contribution is 2.32. The molecule has 0 amide bonds. The zero-order valence-electron chi connectivity index (χ0n) is 3.77. The van der Waals surface area contributed by atoms with Crippen LogP contribution in [0.25, 0.3) is 0 Å². The standard InChI is InChI=1S/C3Cl2F4/c4-1(2(5)6)3(7,8)9. The zero-order chi connectivity index (χ0) is 7.65. The van der Waals surface area contributed by atoms with E-state index in [0.717, 1.165) is 0 Å². The molecule has 0 bridgehead atoms. The minimum absolute atomic E-state index is 1.93. The lowest BCUT2D eigenvalue weighted by Gasteiger charge is -2.01. The first-order valence-electron chi connectivity index (χ1n) is 1.63. The number of allylic oxidation sites excluding steroid dienone is 1. The average molecular weight is 183 g/mol. The summed E-state index contributed by atoms with van der Waals surface area (Å²) in [5.41, 5.74) is 0. The maximum atomic E-state index is 11.4. The third-order valence-corrected chi connectivity index (χ3v) is 1.08. The second-order valence-electron chi connectivity index (χ2n) is 1.07. The van der Waals surface area contributed by atoms with Crippen LogP contribution >= 0.6 is 23.2 Å². The van der Waals surface area contributed by atoms with Crippen molar-refractivity contribution >= 4 is 23.2 Å². The van der Waals surface area contributed by atoms with Crippen LogP contribution in [0.15, 0.2) is 10.3 Å². The van der Waals surface area contributed by atoms with Crippen LogP contribution in [0.5, 0.6) is 0 Å². The Labute approximate surface area is 58.0 Å². The van der Waals surface area contributed by atoms with E-state index in [1.165, 1.54) is 0 Å². The molecule has 6 heteroatoms. The molecule has 0 aromatic heterocycles. The van der Waals surface area contributed by atoms with Gasteiger partial charge in [0.15, 0.2) is 5.03 Å². The van der Waals surface area contributed by atoms with Crippen molar-refractivity contribution in [3.63, 3.8) is 0 Å². The SMILES string of the molecule is FC(Cl)=C(Cl)C(F)(F)F. The summed E-state index contributed by atoms with van der Waals surface area (Å²) in [6.45, 7) is 0. The van der Waals surface area contributed by atoms with E-state index in [1.54, 1.807) is 0 Å². The van der Waals surface area contributed by atoms with Crippen molar-refractivity contribution in [1.82, 2.24) is 0 Å². The highest BCUT2D eigenvalue weighted by molar-refractivity contribution is 6.38. The first-order chi connectivity index (χ1) is 3.85. The van der Waals surface area contributed by atoms with Crippen LogP contribution in [0.4, 0.5) is 17.6 Å². The normalized spacial score (nSPS) is 15.3. The number of hydrogen-bond donors (Lipinski definition) is 0. The van der Waals surface area contributed by atoms with E-state index in [2.05, 4.69) is 23.2 Å². The summed E-state index contributed by atoms with van der Waals surface area (Å²) in [4.78, 5) is 0. The number of hydrogen-bond acceptors (Lipinski definition) is 0. The van der Waals surface area contributed by atoms with E-state index in [4.69, 9.17) is 0 Å². The van der Waals surface area contributed by atoms with Gasteiger partial charge >= 0.3 is 6.18 Å². The van der Waals surface area contributed by atoms with E-state index < -0.39 is 16.5 Å². The van der Waals surface area contributed by atoms with E-state index in [1.807, 2.05) is 0 Å². The van der Waals surface area contributed by atoms with Gasteiger partial charge in [-0.1, -0.05) is 11.6 Å². The molecule has 0 heterocycles. The lowest BCUT2D eigenvalue weighted by atomic mass is 10.6. The summed E-state index contributed by atoms with van der Waals surface area (Å²) >= 11 is 8.61. The minimum Gasteiger partial charge on any atom is -0.192 e. The van der Waals surface area contributed by atoms with Gasteiger partial charge in [0.05, 0.1) is 0 Å². The Kier molecular flexibility index (Phi) is 2.76. The van der Waals surface area contributed by atoms with Crippen molar-refractivity contribution in [2.45, 2.75) is 6.18 Å². The van der Waals surface area contributed by atoms with E-state index in [9.17, 15) is 17.6 Å². The summed E-state index contributed by atoms with van der Waals surface area (Å²) in [6.07, 6.45) is -4.88. The predicted octanol–water partition coefficient (Wildman–Crippen LogP) is 3.16. The number of halogens is 6. The van der Waals surface area contributed by atoms with Gasteiger partial charge in [-0.15, -0.1) is 0 Å². The van der Waals surface area contributed by atoms with Gasteiger partial charge in [-0.25, -0.2) is 0 Å². The minimum atomic E-state index is -4.88. The number of rotatable bonds is 0. The molecule has 0 nitrogen and oxygen atoms in total. The molecule has 0 saturated heterocycles. The molecule has 0 aromatic carbocycles. The van der Waals surface area contributed by atoms with Crippen molar-refractivity contribution in [1.29, 1.82) is 0 Å². The molecule has 54 valence electrons. The lowest BCUT2D eigenvalue weighted by molar-refractivity contribution is -0.0856. The Balaban J connectivity index is 4.40. The highest BCUT2D eigenvalue weighted by Gasteiger charge is 2.35. The van der Waals surface area contributed by atoms with Gasteiger partial charge in [-0.2, -0.15) is 17.6 Å². The lowest BCUT2D eigenvalue weighted by Crippen LogP contribution is -2.07. The fraction of sp³-hybridized carbons (Fsp3) is 0.333. The molecule has 0 spiro atoms. The van der Waals surface area contributed by atoms with Gasteiger partial charge < -0.3 is 0 Å². The monoisotopic (exact) mass is 182 g/mol. The van der Waals surface area contributed by atoms with Gasteiger partial charge in [0.25, 0.3) is 0 Å². The molecule has 0 aliphatic carbocycles. The van der Waals surface area contributed by atoms with Crippen LogP contribution in [0.1, 0.15) is 0 Å². The van der Waals surface area contributed by atoms with Gasteiger partial charge in [0.2, 0.25) is 5.29 Å². The quantitative estimate of drug-likeness (QED) is 0.506. The second-order valence-corrected chi connectivity index (χ2v) is 1.78. The Morgan fingerprint density at radius 1 is 1.11 bits per heavy atom. The maximum Gasteiger partial charge on any atom is 0.430 e. The van der Waals surface area contributed by atoms with Gasteiger partial charge in [0.1, 0.15) is 0 Å². The Morgan fingerprint density at radius 3 is 1.44 bits per heavy atom. The van der Waals surface area contributed by atoms with Crippen molar-refractivity contribution in [2.75, 3.05) is 0 Å². The van der Waals surface area contributed by atoms with Crippen molar-refractivity contribution < 1.29 is 17.6 Å². The van der Waals surface area contributed by atoms with Crippen molar-refractivity contribution in [2.24, 2.45) is 0 Å². The first kappa shape index (κ1) is 9.04. The van der Waals surface area contributed by atoms with Gasteiger partial charge in [-0.05, 0) is 11.6 Å². The summed E-state index contributed by atoms with van der Waals surface area (Å²) in [5, 5.41) is -3.87. The third kappa shape index (κ3) is 2.91. The molecule has 0 fully saturated rings. The molecule has 0 aliphatic rings. The van der Waals surface area contributed by atoms with Crippen LogP contribution in [-0.2, 0) is 0 Å². The van der Waals surface area contributed by atoms with Crippen LogP contribution in [0, 0.1) is 0 Å². The molecule has 0 rings (SSSR count). The zero-order valence-corrected chi connectivity index (χ0v) is 5.28. The van der Waals surface area contributed by atoms with E-state index in [-0.39, 0.29) is 0 Å². The van der Waals surface area contributed by atoms with Crippen LogP contribution in [0.2, 0.25) is 0 Å². The summed E-state index contributed by atoms with van der Waals surface area (Å²) < 4.78 is 44.9. The van der Waals surface area contributed by atoms with Crippen LogP contribution < -0.4 is 0 Å². The fourth-order valence-electron chi connectivity index (χ4n) is 0.107. The molecule has 0 radical (unpaired) electrons. The molecule has 0 aliphatic heterocycles. The van der Waals surface area contributed by atoms with Crippen molar-refractivity contribution in [3.8, 4) is 0 Å². The topological polar surface area (TPSA) is 0 Å². The molecule has 0 aromatic rings. The Bertz CT molecular complexity index is 131. The molecule has 0 unspecified atom stereocenters. The first-order valence-corrected chi connectivity index (χ1v) is 2.39. The van der Waals surface area contributed by atoms with Gasteiger partial charge in [0, 0.05) is 0 Å². The van der Waals surface area contributed by atoms with E-state index >= 15 is 0 Å². The molecular formula is C3Cl2F4. The van der Waals surface area contributed by atoms with Crippen LogP contribution in [0.3, 0.4) is 0 Å². The second kappa shape index (κ2) is 2.75. The third-order valence-electron chi connectivity index (χ3n) is 0.415. The Hall–Kier alpha value is 0.0400. The summed E-state index contributed by atoms with van der Waals surface area (Å²) in [7, 11) is 0. The molecule has 0 N–H and O–H groups in total. The largest absolute Gasteiger partial charge is 0.430 e. The molecular weight excluding hydrogens is 183 g/mol. The summed E-state index contributed by atoms with van der Waals surface area (Å²) in [5.74, 6) is 0. The van der Waals surface area contributed by atoms with Gasteiger partial charge in [-0.3, -0.25) is 0 Å². The Morgan fingerprint density at radius 2 is 1.44 bits per heavy atom. The van der Waals surface area contributed by atoms with E-state index in [0.29, 0.717) is 0 Å². The maximum absolute atomic E-state index is 11.4. The highest BCUT2D eigenvalue weighted by atomic mass is 35.5. The van der Waals surface area contributed by atoms with Crippen molar-refractivity contribution in [3.05, 3.63) is 10.3 Å². The molecule has 0 atom stereocenters. The predicted molar refractivity (Wildman–Crippen MR) is 25.9 cm³/mol. The number of alkyl halides is 3. The van der Waals surface area contributed by atoms with Crippen LogP contribution in [-0.4, -0.2) is 6.18 Å². The molecule has 9 heavy (non-hydrogen) atoms. The fourth-order valence-corrected chi connectivity index (χ4v) is 0.214. The average Bonchev–Trinajstić information content (AvgIpc) is 1.62. The summed E-state index contributed by atoms with van der Waals surface area (Å²) in [6, 6.07) is 0.